The number of hydroxylamine groups is 1. The van der Waals surface area contributed by atoms with E-state index < -0.39 is 0 Å². The van der Waals surface area contributed by atoms with Gasteiger partial charge < -0.3 is 5.11 Å². The number of β-amino-alcohol motifs (C(OH)–C–C–N with tert-alkyl or cyclic N) is 1. The van der Waals surface area contributed by atoms with Crippen LogP contribution in [0.25, 0.3) is 0 Å². The molecule has 0 aromatic carbocycles. The minimum Gasteiger partial charge on any atom is -0.389 e. The Morgan fingerprint density at radius 1 is 1.25 bits per heavy atom. The van der Waals surface area contributed by atoms with Crippen molar-refractivity contribution in [1.82, 2.24) is 10.4 Å². The normalized spacial score (nSPS) is 17.6. The number of hydrogen-bond donors (Lipinski definition) is 2. The van der Waals surface area contributed by atoms with Crippen LogP contribution in [0.15, 0.2) is 0 Å². The van der Waals surface area contributed by atoms with Crippen molar-refractivity contribution < 1.29 is 9.94 Å². The molecule has 0 aliphatic carbocycles. The first-order valence-corrected chi connectivity index (χ1v) is 6.58. The predicted octanol–water partition coefficient (Wildman–Crippen LogP) is 1.15. The van der Waals surface area contributed by atoms with Crippen LogP contribution < -0.4 is 5.48 Å². The van der Waals surface area contributed by atoms with Crippen LogP contribution in [-0.4, -0.2) is 48.9 Å². The molecule has 0 spiro atoms. The molecule has 1 heterocycles. The van der Waals surface area contributed by atoms with Crippen LogP contribution in [0.4, 0.5) is 0 Å². The van der Waals surface area contributed by atoms with E-state index in [0.29, 0.717) is 6.61 Å². The van der Waals surface area contributed by atoms with Gasteiger partial charge in [0.1, 0.15) is 0 Å². The molecule has 0 radical (unpaired) electrons. The third-order valence-electron chi connectivity index (χ3n) is 2.77. The highest BCUT2D eigenvalue weighted by Crippen LogP contribution is 2.04. The van der Waals surface area contributed by atoms with Gasteiger partial charge >= 0.3 is 0 Å². The Labute approximate surface area is 98.9 Å². The fourth-order valence-electron chi connectivity index (χ4n) is 1.63. The minimum absolute atomic E-state index is 0.352. The van der Waals surface area contributed by atoms with Gasteiger partial charge in [-0.25, -0.2) is 5.48 Å². The van der Waals surface area contributed by atoms with Gasteiger partial charge in [0, 0.05) is 26.2 Å². The molecule has 1 saturated heterocycles. The second kappa shape index (κ2) is 8.93. The topological polar surface area (TPSA) is 44.5 Å². The molecule has 0 amide bonds. The van der Waals surface area contributed by atoms with Gasteiger partial charge in [0.2, 0.25) is 0 Å². The first kappa shape index (κ1) is 13.9. The Morgan fingerprint density at radius 2 is 2.00 bits per heavy atom. The first-order valence-electron chi connectivity index (χ1n) is 6.58. The summed E-state index contributed by atoms with van der Waals surface area (Å²) in [5, 5.41) is 9.53. The van der Waals surface area contributed by atoms with Crippen LogP contribution in [0.1, 0.15) is 39.0 Å². The maximum absolute atomic E-state index is 9.53. The molecule has 1 fully saturated rings. The van der Waals surface area contributed by atoms with Crippen LogP contribution in [0.3, 0.4) is 0 Å². The number of nitrogens with zero attached hydrogens (tertiary/aromatic N) is 1. The molecule has 0 bridgehead atoms. The zero-order valence-corrected chi connectivity index (χ0v) is 10.5. The highest BCUT2D eigenvalue weighted by atomic mass is 16.6. The summed E-state index contributed by atoms with van der Waals surface area (Å²) < 4.78 is 0. The number of aliphatic hydroxyl groups is 1. The van der Waals surface area contributed by atoms with Crippen LogP contribution in [0.2, 0.25) is 0 Å². The summed E-state index contributed by atoms with van der Waals surface area (Å²) in [6.07, 6.45) is 6.00. The van der Waals surface area contributed by atoms with E-state index in [2.05, 4.69) is 17.3 Å². The van der Waals surface area contributed by atoms with Gasteiger partial charge in [-0.3, -0.25) is 9.74 Å². The Balaban J connectivity index is 1.73. The molecule has 0 saturated carbocycles. The molecule has 0 aromatic rings. The summed E-state index contributed by atoms with van der Waals surface area (Å²) in [5.41, 5.74) is 2.91. The maximum atomic E-state index is 9.53. The third kappa shape index (κ3) is 8.05. The van der Waals surface area contributed by atoms with Crippen LogP contribution in [-0.2, 0) is 4.84 Å². The maximum Gasteiger partial charge on any atom is 0.0954 e. The molecule has 1 rings (SSSR count). The molecular weight excluding hydrogens is 204 g/mol. The summed E-state index contributed by atoms with van der Waals surface area (Å²) in [5.74, 6) is 0. The highest BCUT2D eigenvalue weighted by Gasteiger charge is 2.20. The quantitative estimate of drug-likeness (QED) is 0.317. The second-order valence-electron chi connectivity index (χ2n) is 4.57. The third-order valence-corrected chi connectivity index (χ3v) is 2.77. The molecule has 1 atom stereocenters. The molecule has 0 aromatic heterocycles. The zero-order chi connectivity index (χ0) is 11.6. The summed E-state index contributed by atoms with van der Waals surface area (Å²) in [6, 6.07) is 0. The van der Waals surface area contributed by atoms with Gasteiger partial charge in [0.15, 0.2) is 0 Å². The molecule has 4 heteroatoms. The van der Waals surface area contributed by atoms with E-state index in [4.69, 9.17) is 4.84 Å². The monoisotopic (exact) mass is 230 g/mol. The number of hydrogen-bond acceptors (Lipinski definition) is 4. The van der Waals surface area contributed by atoms with Crippen molar-refractivity contribution >= 4 is 0 Å². The summed E-state index contributed by atoms with van der Waals surface area (Å²) in [6.45, 7) is 6.51. The van der Waals surface area contributed by atoms with Crippen molar-refractivity contribution in [2.24, 2.45) is 0 Å². The number of unbranched alkanes of at least 4 members (excludes halogenated alkanes) is 4. The number of aliphatic hydroxyl groups excluding tert-OH is 1. The van der Waals surface area contributed by atoms with Crippen molar-refractivity contribution in [1.29, 1.82) is 0 Å². The average Bonchev–Trinajstić information content (AvgIpc) is 3.06. The lowest BCUT2D eigenvalue weighted by atomic mass is 10.2. The van der Waals surface area contributed by atoms with Crippen LogP contribution >= 0.6 is 0 Å². The lowest BCUT2D eigenvalue weighted by Gasteiger charge is -2.11. The highest BCUT2D eigenvalue weighted by molar-refractivity contribution is 4.75. The van der Waals surface area contributed by atoms with Crippen molar-refractivity contribution in [3.8, 4) is 0 Å². The Morgan fingerprint density at radius 3 is 2.69 bits per heavy atom. The lowest BCUT2D eigenvalue weighted by molar-refractivity contribution is -0.0229. The second-order valence-corrected chi connectivity index (χ2v) is 4.57. The van der Waals surface area contributed by atoms with E-state index in [1.54, 1.807) is 0 Å². The molecule has 2 N–H and O–H groups in total. The molecule has 1 unspecified atom stereocenters. The smallest absolute Gasteiger partial charge is 0.0954 e. The van der Waals surface area contributed by atoms with Crippen LogP contribution in [0.5, 0.6) is 0 Å². The largest absolute Gasteiger partial charge is 0.389 e. The van der Waals surface area contributed by atoms with Gasteiger partial charge in [0.05, 0.1) is 12.7 Å². The van der Waals surface area contributed by atoms with E-state index in [1.807, 2.05) is 0 Å². The zero-order valence-electron chi connectivity index (χ0n) is 10.5. The molecular formula is C12H26N2O2. The molecule has 4 nitrogen and oxygen atoms in total. The standard InChI is InChI=1S/C12H26N2O2/c1-2-3-4-5-6-7-13-16-11-12(15)10-14-8-9-14/h12-13,15H,2-11H2,1H3. The minimum atomic E-state index is -0.352. The Hall–Kier alpha value is -0.160. The van der Waals surface area contributed by atoms with Crippen molar-refractivity contribution in [3.05, 3.63) is 0 Å². The summed E-state index contributed by atoms with van der Waals surface area (Å²) >= 11 is 0. The van der Waals surface area contributed by atoms with Gasteiger partial charge in [0.25, 0.3) is 0 Å². The van der Waals surface area contributed by atoms with E-state index in [1.165, 1.54) is 25.7 Å². The fourth-order valence-corrected chi connectivity index (χ4v) is 1.63. The summed E-state index contributed by atoms with van der Waals surface area (Å²) in [4.78, 5) is 7.40. The van der Waals surface area contributed by atoms with E-state index in [9.17, 15) is 5.11 Å². The van der Waals surface area contributed by atoms with E-state index in [0.717, 1.165) is 32.6 Å². The van der Waals surface area contributed by atoms with Crippen molar-refractivity contribution in [2.75, 3.05) is 32.8 Å². The average molecular weight is 230 g/mol. The van der Waals surface area contributed by atoms with E-state index in [-0.39, 0.29) is 6.10 Å². The van der Waals surface area contributed by atoms with E-state index >= 15 is 0 Å². The van der Waals surface area contributed by atoms with Gasteiger partial charge in [-0.05, 0) is 6.42 Å². The van der Waals surface area contributed by atoms with Crippen molar-refractivity contribution in [2.45, 2.75) is 45.1 Å². The molecule has 96 valence electrons. The SMILES string of the molecule is CCCCCCCNOCC(O)CN1CC1. The molecule has 16 heavy (non-hydrogen) atoms. The Kier molecular flexibility index (Phi) is 7.76. The predicted molar refractivity (Wildman–Crippen MR) is 65.2 cm³/mol. The summed E-state index contributed by atoms with van der Waals surface area (Å²) in [7, 11) is 0. The number of rotatable bonds is 11. The molecule has 1 aliphatic heterocycles. The van der Waals surface area contributed by atoms with Gasteiger partial charge in [-0.15, -0.1) is 0 Å². The fraction of sp³-hybridized carbons (Fsp3) is 1.00. The van der Waals surface area contributed by atoms with Crippen molar-refractivity contribution in [3.63, 3.8) is 0 Å². The molecule has 1 aliphatic rings. The lowest BCUT2D eigenvalue weighted by Crippen LogP contribution is -2.29. The van der Waals surface area contributed by atoms with Gasteiger partial charge in [-0.1, -0.05) is 32.6 Å². The Bertz CT molecular complexity index is 163. The first-order chi connectivity index (χ1) is 7.83. The number of nitrogens with one attached hydrogen (secondary N) is 1. The van der Waals surface area contributed by atoms with Gasteiger partial charge in [-0.2, -0.15) is 0 Å². The van der Waals surface area contributed by atoms with Crippen LogP contribution in [0, 0.1) is 0 Å².